The highest BCUT2D eigenvalue weighted by Gasteiger charge is 2.66. The number of hydrogen-bond acceptors (Lipinski definition) is 14. The van der Waals surface area contributed by atoms with Crippen molar-refractivity contribution in [3.63, 3.8) is 0 Å². The number of hydrogen-bond donors (Lipinski definition) is 2. The van der Waals surface area contributed by atoms with Crippen LogP contribution in [0.25, 0.3) is 5.52 Å². The summed E-state index contributed by atoms with van der Waals surface area (Å²) in [6.45, 7) is 15.2. The molecule has 5 rings (SSSR count). The fourth-order valence-corrected chi connectivity index (χ4v) is 8.51. The maximum atomic E-state index is 14.8. The maximum absolute atomic E-state index is 14.8. The van der Waals surface area contributed by atoms with Gasteiger partial charge in [0.1, 0.15) is 35.3 Å². The molecular weight excluding hydrogens is 719 g/mol. The molecule has 2 aliphatic rings. The van der Waals surface area contributed by atoms with Gasteiger partial charge in [-0.25, -0.2) is 14.1 Å². The number of nitrogen functional groups attached to an aromatic ring is 1. The summed E-state index contributed by atoms with van der Waals surface area (Å²) in [5.41, 5.74) is 4.28. The minimum absolute atomic E-state index is 0.0615. The second kappa shape index (κ2) is 15.0. The van der Waals surface area contributed by atoms with Gasteiger partial charge in [0.2, 0.25) is 0 Å². The molecule has 3 aromatic rings. The first-order valence-electron chi connectivity index (χ1n) is 17.7. The normalized spacial score (nSPS) is 25.8. The Morgan fingerprint density at radius 3 is 2.26 bits per heavy atom. The zero-order valence-electron chi connectivity index (χ0n) is 32.4. The average molecular weight is 771 g/mol. The number of nitrogens with one attached hydrogen (secondary N) is 1. The molecule has 0 radical (unpaired) electrons. The second-order valence-corrected chi connectivity index (χ2v) is 17.6. The van der Waals surface area contributed by atoms with Gasteiger partial charge in [-0.2, -0.15) is 10.2 Å². The maximum Gasteiger partial charge on any atom is 0.459 e. The van der Waals surface area contributed by atoms with Crippen molar-refractivity contribution >= 4 is 43.2 Å². The Bertz CT molecular complexity index is 1950. The smallest absolute Gasteiger partial charge is 0.459 e. The molecule has 3 N–H and O–H groups in total. The SMILES string of the molecule is CN=C[C@@]1(c2ccc3c(N)ncnn23)OC(C)(COP(=O)(N[C@@H](C)C(=O)OC2CC(C)(C)C2)Oc2ccc(C(C)(C)C)cc2)[C@@H](OC(C)=O)[C@H]1OC(C)=O. The van der Waals surface area contributed by atoms with Crippen LogP contribution in [0, 0.1) is 5.41 Å². The molecule has 1 aromatic carbocycles. The predicted octanol–water partition coefficient (Wildman–Crippen LogP) is 5.07. The van der Waals surface area contributed by atoms with E-state index in [0.717, 1.165) is 5.56 Å². The number of nitrogens with zero attached hydrogens (tertiary/aromatic N) is 4. The molecule has 0 amide bonds. The first kappa shape index (κ1) is 40.8. The van der Waals surface area contributed by atoms with Crippen molar-refractivity contribution in [2.75, 3.05) is 19.4 Å². The van der Waals surface area contributed by atoms with E-state index in [-0.39, 0.29) is 28.5 Å². The lowest BCUT2D eigenvalue weighted by atomic mass is 9.70. The number of anilines is 1. The molecule has 2 aromatic heterocycles. The average Bonchev–Trinajstić information content (AvgIpc) is 3.58. The monoisotopic (exact) mass is 770 g/mol. The highest BCUT2D eigenvalue weighted by Crippen LogP contribution is 2.52. The molecule has 2 fully saturated rings. The van der Waals surface area contributed by atoms with E-state index in [4.69, 9.17) is 33.7 Å². The fraction of sp³-hybridized carbons (Fsp3) is 0.568. The third-order valence-corrected chi connectivity index (χ3v) is 11.1. The van der Waals surface area contributed by atoms with Crippen molar-refractivity contribution in [3.05, 3.63) is 54.0 Å². The Labute approximate surface area is 315 Å². The number of carbonyl (C=O) groups excluding carboxylic acids is 3. The number of ether oxygens (including phenoxy) is 4. The van der Waals surface area contributed by atoms with E-state index < -0.39 is 61.7 Å². The van der Waals surface area contributed by atoms with Gasteiger partial charge in [-0.05, 0) is 67.3 Å². The fourth-order valence-electron chi connectivity index (χ4n) is 6.93. The molecule has 1 saturated heterocycles. The van der Waals surface area contributed by atoms with Crippen LogP contribution in [0.15, 0.2) is 47.7 Å². The number of benzene rings is 1. The summed E-state index contributed by atoms with van der Waals surface area (Å²) in [5.74, 6) is -1.72. The Hall–Kier alpha value is -4.37. The molecule has 1 saturated carbocycles. The summed E-state index contributed by atoms with van der Waals surface area (Å²) in [6, 6.07) is 9.15. The van der Waals surface area contributed by atoms with Crippen LogP contribution < -0.4 is 15.3 Å². The lowest BCUT2D eigenvalue weighted by Crippen LogP contribution is -2.49. The van der Waals surface area contributed by atoms with E-state index in [1.165, 1.54) is 44.9 Å². The summed E-state index contributed by atoms with van der Waals surface area (Å²) in [5, 5.41) is 7.08. The Morgan fingerprint density at radius 2 is 1.69 bits per heavy atom. The molecule has 0 spiro atoms. The van der Waals surface area contributed by atoms with Crippen LogP contribution in [0.2, 0.25) is 0 Å². The molecule has 2 unspecified atom stereocenters. The van der Waals surface area contributed by atoms with Crippen LogP contribution in [0.4, 0.5) is 5.82 Å². The zero-order valence-corrected chi connectivity index (χ0v) is 33.3. The van der Waals surface area contributed by atoms with E-state index in [0.29, 0.717) is 24.1 Å². The molecule has 6 atom stereocenters. The molecule has 54 heavy (non-hydrogen) atoms. The van der Waals surface area contributed by atoms with Crippen LogP contribution >= 0.6 is 7.75 Å². The van der Waals surface area contributed by atoms with Crippen LogP contribution in [0.1, 0.15) is 86.4 Å². The van der Waals surface area contributed by atoms with E-state index in [1.54, 1.807) is 31.2 Å². The Kier molecular flexibility index (Phi) is 11.4. The topological polar surface area (TPSA) is 204 Å². The van der Waals surface area contributed by atoms with Gasteiger partial charge in [0.15, 0.2) is 23.6 Å². The van der Waals surface area contributed by atoms with Crippen LogP contribution in [0.5, 0.6) is 5.75 Å². The van der Waals surface area contributed by atoms with Crippen molar-refractivity contribution in [3.8, 4) is 5.75 Å². The molecule has 17 heteroatoms. The standard InChI is InChI=1S/C37H51N6O10P/c1-22(33(46)51-27-17-35(7,8)18-27)42-54(47,52-26-13-11-25(12-14-26)34(4,5)6)48-20-36(9)30(49-23(2)44)31(50-24(3)45)37(53-36,19-39-10)29-16-15-28-32(38)40-21-41-43(28)29/h11-16,19,21-22,27,30-31H,17-18,20H2,1-10H3,(H,42,47)(H2,38,40,41)/t22-,30-,31+,36?,37-,54?/m0/s1. The Balaban J connectivity index is 1.53. The van der Waals surface area contributed by atoms with E-state index in [1.807, 2.05) is 12.1 Å². The van der Waals surface area contributed by atoms with Crippen molar-refractivity contribution in [1.82, 2.24) is 19.7 Å². The van der Waals surface area contributed by atoms with Gasteiger partial charge in [0.25, 0.3) is 0 Å². The van der Waals surface area contributed by atoms with E-state index in [9.17, 15) is 18.9 Å². The van der Waals surface area contributed by atoms with Crippen LogP contribution in [0.3, 0.4) is 0 Å². The second-order valence-electron chi connectivity index (χ2n) is 15.9. The minimum atomic E-state index is -4.49. The van der Waals surface area contributed by atoms with Crippen LogP contribution in [-0.4, -0.2) is 82.3 Å². The highest BCUT2D eigenvalue weighted by molar-refractivity contribution is 7.52. The molecule has 1 aliphatic heterocycles. The largest absolute Gasteiger partial charge is 0.461 e. The molecule has 294 valence electrons. The summed E-state index contributed by atoms with van der Waals surface area (Å²) in [6.07, 6.45) is 1.03. The highest BCUT2D eigenvalue weighted by atomic mass is 31.2. The number of aliphatic imine (C=N–C) groups is 1. The first-order valence-corrected chi connectivity index (χ1v) is 19.2. The van der Waals surface area contributed by atoms with Gasteiger partial charge in [-0.15, -0.1) is 0 Å². The summed E-state index contributed by atoms with van der Waals surface area (Å²) in [4.78, 5) is 46.9. The van der Waals surface area contributed by atoms with Gasteiger partial charge in [-0.1, -0.05) is 46.8 Å². The van der Waals surface area contributed by atoms with Crippen molar-refractivity contribution in [2.45, 2.75) is 116 Å². The van der Waals surface area contributed by atoms with Gasteiger partial charge >= 0.3 is 25.7 Å². The summed E-state index contributed by atoms with van der Waals surface area (Å²) < 4.78 is 52.6. The van der Waals surface area contributed by atoms with Crippen LogP contribution in [-0.2, 0) is 53.4 Å². The van der Waals surface area contributed by atoms with Gasteiger partial charge in [0.05, 0.1) is 12.3 Å². The van der Waals surface area contributed by atoms with Gasteiger partial charge < -0.3 is 29.2 Å². The van der Waals surface area contributed by atoms with E-state index in [2.05, 4.69) is 54.8 Å². The first-order chi connectivity index (χ1) is 25.1. The number of carbonyl (C=O) groups is 3. The third kappa shape index (κ3) is 8.62. The lowest BCUT2D eigenvalue weighted by molar-refractivity contribution is -0.169. The van der Waals surface area contributed by atoms with E-state index >= 15 is 0 Å². The number of nitrogens with two attached hydrogens (primary N) is 1. The predicted molar refractivity (Wildman–Crippen MR) is 199 cm³/mol. The molecule has 16 nitrogen and oxygen atoms in total. The zero-order chi connectivity index (χ0) is 39.9. The lowest BCUT2D eigenvalue weighted by Gasteiger charge is -2.42. The Morgan fingerprint density at radius 1 is 1.06 bits per heavy atom. The van der Waals surface area contributed by atoms with Gasteiger partial charge in [0, 0.05) is 27.1 Å². The molecule has 0 bridgehead atoms. The molecule has 3 heterocycles. The molecule has 1 aliphatic carbocycles. The summed E-state index contributed by atoms with van der Waals surface area (Å²) in [7, 11) is -3.00. The third-order valence-electron chi connectivity index (χ3n) is 9.51. The number of esters is 3. The summed E-state index contributed by atoms with van der Waals surface area (Å²) >= 11 is 0. The van der Waals surface area contributed by atoms with Crippen molar-refractivity contribution in [1.29, 1.82) is 0 Å². The van der Waals surface area contributed by atoms with Gasteiger partial charge in [-0.3, -0.25) is 23.9 Å². The minimum Gasteiger partial charge on any atom is -0.461 e. The molecular formula is C37H51N6O10P. The quantitative estimate of drug-likeness (QED) is 0.101. The number of fused-ring (bicyclic) bond motifs is 1. The van der Waals surface area contributed by atoms with Crippen molar-refractivity contribution < 1.29 is 46.9 Å². The van der Waals surface area contributed by atoms with Crippen molar-refractivity contribution in [2.24, 2.45) is 10.4 Å². The number of rotatable bonds is 13. The number of aromatic nitrogens is 3.